The van der Waals surface area contributed by atoms with Crippen LogP contribution in [0.3, 0.4) is 0 Å². The second-order valence-corrected chi connectivity index (χ2v) is 7.11. The van der Waals surface area contributed by atoms with E-state index in [-0.39, 0.29) is 10.6 Å². The Balaban J connectivity index is 2.22. The van der Waals surface area contributed by atoms with Gasteiger partial charge in [-0.25, -0.2) is 0 Å². The van der Waals surface area contributed by atoms with E-state index < -0.39 is 10.0 Å². The maximum atomic E-state index is 12.4. The highest BCUT2D eigenvalue weighted by Gasteiger charge is 2.18. The fourth-order valence-corrected chi connectivity index (χ4v) is 2.91. The lowest BCUT2D eigenvalue weighted by Crippen LogP contribution is -2.21. The highest BCUT2D eigenvalue weighted by molar-refractivity contribution is 7.89. The van der Waals surface area contributed by atoms with Crippen LogP contribution >= 0.6 is 0 Å². The molecule has 24 heavy (non-hydrogen) atoms. The van der Waals surface area contributed by atoms with Crippen molar-refractivity contribution in [3.63, 3.8) is 0 Å². The van der Waals surface area contributed by atoms with Crippen molar-refractivity contribution in [3.8, 4) is 11.5 Å². The highest BCUT2D eigenvalue weighted by Crippen LogP contribution is 2.26. The molecule has 128 valence electrons. The van der Waals surface area contributed by atoms with Crippen molar-refractivity contribution in [2.75, 3.05) is 13.7 Å². The summed E-state index contributed by atoms with van der Waals surface area (Å²) in [6.07, 6.45) is 1.40. The van der Waals surface area contributed by atoms with E-state index in [1.165, 1.54) is 19.3 Å². The van der Waals surface area contributed by atoms with E-state index in [1.54, 1.807) is 36.4 Å². The van der Waals surface area contributed by atoms with E-state index >= 15 is 0 Å². The second kappa shape index (κ2) is 7.35. The predicted molar refractivity (Wildman–Crippen MR) is 93.0 cm³/mol. The molecule has 2 aromatic rings. The van der Waals surface area contributed by atoms with Crippen molar-refractivity contribution in [2.45, 2.75) is 18.7 Å². The van der Waals surface area contributed by atoms with Gasteiger partial charge >= 0.3 is 0 Å². The van der Waals surface area contributed by atoms with Crippen molar-refractivity contribution in [1.29, 1.82) is 0 Å². The largest absolute Gasteiger partial charge is 0.504 e. The summed E-state index contributed by atoms with van der Waals surface area (Å²) in [6, 6.07) is 11.2. The third-order valence-electron chi connectivity index (χ3n) is 3.32. The van der Waals surface area contributed by atoms with Crippen molar-refractivity contribution in [2.24, 2.45) is 5.10 Å². The molecule has 1 N–H and O–H groups in total. The zero-order chi connectivity index (χ0) is 17.7. The summed E-state index contributed by atoms with van der Waals surface area (Å²) in [5.74, 6) is 0.347. The number of sulfonamides is 1. The fraction of sp³-hybridized carbons (Fsp3) is 0.235. The first-order chi connectivity index (χ1) is 11.3. The Morgan fingerprint density at radius 3 is 2.50 bits per heavy atom. The molecule has 0 atom stereocenters. The quantitative estimate of drug-likeness (QED) is 0.643. The molecule has 0 spiro atoms. The Hall–Kier alpha value is -2.54. The topological polar surface area (TPSA) is 79.2 Å². The molecule has 0 bridgehead atoms. The van der Waals surface area contributed by atoms with Crippen LogP contribution in [0.5, 0.6) is 11.5 Å². The summed E-state index contributed by atoms with van der Waals surface area (Å²) in [5.41, 5.74) is 1.59. The first-order valence-electron chi connectivity index (χ1n) is 7.40. The molecular weight excluding hydrogens is 328 g/mol. The van der Waals surface area contributed by atoms with Gasteiger partial charge in [-0.15, -0.1) is 0 Å². The average molecular weight is 348 g/mol. The molecule has 0 unspecified atom stereocenters. The van der Waals surface area contributed by atoms with Crippen LogP contribution in [-0.2, 0) is 10.0 Å². The summed E-state index contributed by atoms with van der Waals surface area (Å²) in [4.78, 5) is 0.175. The summed E-state index contributed by atoms with van der Waals surface area (Å²) in [7, 11) is -2.33. The molecule has 0 saturated carbocycles. The molecule has 0 fully saturated rings. The SMILES string of the molecule is CCOc1cc(/C=N\N(C)S(=O)(=O)c2ccc(C)cc2)ccc1O. The Morgan fingerprint density at radius 1 is 1.21 bits per heavy atom. The summed E-state index contributed by atoms with van der Waals surface area (Å²) >= 11 is 0. The number of hydrogen-bond donors (Lipinski definition) is 1. The molecule has 0 aliphatic heterocycles. The van der Waals surface area contributed by atoms with E-state index in [2.05, 4.69) is 5.10 Å². The van der Waals surface area contributed by atoms with E-state index in [4.69, 9.17) is 4.74 Å². The van der Waals surface area contributed by atoms with Gasteiger partial charge in [0.1, 0.15) is 0 Å². The lowest BCUT2D eigenvalue weighted by Gasteiger charge is -2.13. The van der Waals surface area contributed by atoms with Crippen LogP contribution in [0, 0.1) is 6.92 Å². The van der Waals surface area contributed by atoms with Gasteiger partial charge in [-0.2, -0.15) is 17.9 Å². The van der Waals surface area contributed by atoms with Crippen molar-refractivity contribution in [1.82, 2.24) is 4.41 Å². The zero-order valence-electron chi connectivity index (χ0n) is 13.8. The molecule has 0 aliphatic carbocycles. The van der Waals surface area contributed by atoms with Gasteiger partial charge in [-0.1, -0.05) is 17.7 Å². The van der Waals surface area contributed by atoms with Crippen LogP contribution in [0.1, 0.15) is 18.1 Å². The molecule has 2 rings (SSSR count). The molecule has 0 aliphatic rings. The number of phenolic OH excluding ortho intramolecular Hbond substituents is 1. The van der Waals surface area contributed by atoms with E-state index in [0.717, 1.165) is 9.98 Å². The number of ether oxygens (including phenoxy) is 1. The van der Waals surface area contributed by atoms with Crippen molar-refractivity contribution >= 4 is 16.2 Å². The molecule has 0 aromatic heterocycles. The maximum Gasteiger partial charge on any atom is 0.278 e. The van der Waals surface area contributed by atoms with E-state index in [9.17, 15) is 13.5 Å². The number of benzene rings is 2. The minimum absolute atomic E-state index is 0.0228. The van der Waals surface area contributed by atoms with Crippen LogP contribution in [0.2, 0.25) is 0 Å². The number of hydrazone groups is 1. The van der Waals surface area contributed by atoms with E-state index in [1.807, 2.05) is 13.8 Å². The molecule has 0 heterocycles. The highest BCUT2D eigenvalue weighted by atomic mass is 32.2. The number of phenols is 1. The Morgan fingerprint density at radius 2 is 1.88 bits per heavy atom. The van der Waals surface area contributed by atoms with Crippen LogP contribution in [0.25, 0.3) is 0 Å². The standard InChI is InChI=1S/C17H20N2O4S/c1-4-23-17-11-14(7-10-16(17)20)12-18-19(3)24(21,22)15-8-5-13(2)6-9-15/h5-12,20H,4H2,1-3H3/b18-12-. The Bertz CT molecular complexity index is 830. The van der Waals surface area contributed by atoms with Crippen molar-refractivity contribution < 1.29 is 18.3 Å². The van der Waals surface area contributed by atoms with Crippen molar-refractivity contribution in [3.05, 3.63) is 53.6 Å². The predicted octanol–water partition coefficient (Wildman–Crippen LogP) is 2.75. The van der Waals surface area contributed by atoms with Gasteiger partial charge in [0.25, 0.3) is 10.0 Å². The maximum absolute atomic E-state index is 12.4. The zero-order valence-corrected chi connectivity index (χ0v) is 14.6. The Labute approximate surface area is 142 Å². The minimum atomic E-state index is -3.70. The van der Waals surface area contributed by atoms with Crippen LogP contribution in [0.4, 0.5) is 0 Å². The summed E-state index contributed by atoms with van der Waals surface area (Å²) < 4.78 is 31.1. The monoisotopic (exact) mass is 348 g/mol. The van der Waals surface area contributed by atoms with Gasteiger partial charge in [-0.05, 0) is 49.7 Å². The minimum Gasteiger partial charge on any atom is -0.504 e. The van der Waals surface area contributed by atoms with E-state index in [0.29, 0.717) is 17.9 Å². The van der Waals surface area contributed by atoms with Gasteiger partial charge in [0.15, 0.2) is 11.5 Å². The number of hydrogen-bond acceptors (Lipinski definition) is 5. The number of nitrogens with zero attached hydrogens (tertiary/aromatic N) is 2. The molecular formula is C17H20N2O4S. The molecule has 0 amide bonds. The van der Waals surface area contributed by atoms with Crippen LogP contribution < -0.4 is 4.74 Å². The molecule has 0 radical (unpaired) electrons. The number of aryl methyl sites for hydroxylation is 1. The molecule has 6 nitrogen and oxygen atoms in total. The van der Waals surface area contributed by atoms with Crippen LogP contribution in [0.15, 0.2) is 52.5 Å². The van der Waals surface area contributed by atoms with Gasteiger partial charge < -0.3 is 9.84 Å². The summed E-state index contributed by atoms with van der Waals surface area (Å²) in [5, 5.41) is 13.6. The Kier molecular flexibility index (Phi) is 5.46. The molecule has 0 saturated heterocycles. The first-order valence-corrected chi connectivity index (χ1v) is 8.84. The molecule has 7 heteroatoms. The fourth-order valence-electron chi connectivity index (χ4n) is 1.95. The van der Waals surface area contributed by atoms with Gasteiger partial charge in [0, 0.05) is 7.05 Å². The summed E-state index contributed by atoms with van der Waals surface area (Å²) in [6.45, 7) is 4.11. The number of aromatic hydroxyl groups is 1. The van der Waals surface area contributed by atoms with Gasteiger partial charge in [0.2, 0.25) is 0 Å². The van der Waals surface area contributed by atoms with Gasteiger partial charge in [-0.3, -0.25) is 0 Å². The third-order valence-corrected chi connectivity index (χ3v) is 4.98. The lowest BCUT2D eigenvalue weighted by molar-refractivity contribution is 0.318. The second-order valence-electron chi connectivity index (χ2n) is 5.16. The number of rotatable bonds is 6. The normalized spacial score (nSPS) is 11.6. The first kappa shape index (κ1) is 17.8. The smallest absolute Gasteiger partial charge is 0.278 e. The molecule has 2 aromatic carbocycles. The lowest BCUT2D eigenvalue weighted by atomic mass is 10.2. The van der Waals surface area contributed by atoms with Gasteiger partial charge in [0.05, 0.1) is 17.7 Å². The average Bonchev–Trinajstić information content (AvgIpc) is 2.55. The van der Waals surface area contributed by atoms with Crippen LogP contribution in [-0.4, -0.2) is 37.8 Å². The third kappa shape index (κ3) is 4.05.